The smallest absolute Gasteiger partial charge is 0.414 e. The summed E-state index contributed by atoms with van der Waals surface area (Å²) in [7, 11) is 0. The number of anilines is 3. The minimum absolute atomic E-state index is 0.192. The Bertz CT molecular complexity index is 1160. The Labute approximate surface area is 194 Å². The zero-order valence-corrected chi connectivity index (χ0v) is 19.0. The van der Waals surface area contributed by atoms with Gasteiger partial charge in [0.25, 0.3) is 0 Å². The highest BCUT2D eigenvalue weighted by atomic mass is 32.1. The van der Waals surface area contributed by atoms with Gasteiger partial charge in [0.2, 0.25) is 5.91 Å². The van der Waals surface area contributed by atoms with Crippen molar-refractivity contribution in [2.75, 3.05) is 54.0 Å². The maximum atomic E-state index is 15.0. The molecule has 1 aromatic heterocycles. The molecule has 3 aromatic rings. The summed E-state index contributed by atoms with van der Waals surface area (Å²) in [6.45, 7) is 4.76. The number of fused-ring (bicyclic) bond motifs is 1. The lowest BCUT2D eigenvalue weighted by atomic mass is 10.2. The van der Waals surface area contributed by atoms with Crippen LogP contribution in [0.4, 0.5) is 25.7 Å². The predicted molar refractivity (Wildman–Crippen MR) is 127 cm³/mol. The van der Waals surface area contributed by atoms with Crippen LogP contribution in [0.5, 0.6) is 0 Å². The zero-order chi connectivity index (χ0) is 22.9. The van der Waals surface area contributed by atoms with E-state index in [4.69, 9.17) is 9.72 Å². The van der Waals surface area contributed by atoms with Gasteiger partial charge < -0.3 is 19.9 Å². The fourth-order valence-corrected chi connectivity index (χ4v) is 5.17. The van der Waals surface area contributed by atoms with Crippen molar-refractivity contribution in [2.45, 2.75) is 13.0 Å². The molecule has 2 aromatic carbocycles. The lowest BCUT2D eigenvalue weighted by Gasteiger charge is -2.36. The minimum Gasteiger partial charge on any atom is -0.442 e. The van der Waals surface area contributed by atoms with Crippen molar-refractivity contribution < 1.29 is 18.7 Å². The largest absolute Gasteiger partial charge is 0.442 e. The fourth-order valence-electron chi connectivity index (χ4n) is 4.15. The fraction of sp³-hybridized carbons (Fsp3) is 0.348. The second-order valence-electron chi connectivity index (χ2n) is 8.13. The molecule has 33 heavy (non-hydrogen) atoms. The van der Waals surface area contributed by atoms with Crippen molar-refractivity contribution in [3.05, 3.63) is 48.3 Å². The number of rotatable bonds is 5. The van der Waals surface area contributed by atoms with Crippen LogP contribution in [0.25, 0.3) is 10.2 Å². The third-order valence-corrected chi connectivity index (χ3v) is 6.97. The van der Waals surface area contributed by atoms with Crippen LogP contribution in [0.3, 0.4) is 0 Å². The van der Waals surface area contributed by atoms with Gasteiger partial charge in [-0.25, -0.2) is 14.2 Å². The lowest BCUT2D eigenvalue weighted by molar-refractivity contribution is -0.119. The number of benzene rings is 2. The third kappa shape index (κ3) is 4.43. The van der Waals surface area contributed by atoms with Gasteiger partial charge >= 0.3 is 6.09 Å². The maximum Gasteiger partial charge on any atom is 0.414 e. The quantitative estimate of drug-likeness (QED) is 0.618. The van der Waals surface area contributed by atoms with E-state index in [0.717, 1.165) is 28.4 Å². The van der Waals surface area contributed by atoms with Crippen LogP contribution in [0.15, 0.2) is 42.5 Å². The van der Waals surface area contributed by atoms with Gasteiger partial charge in [-0.1, -0.05) is 23.5 Å². The van der Waals surface area contributed by atoms with Crippen molar-refractivity contribution in [3.63, 3.8) is 0 Å². The number of piperazine rings is 1. The molecule has 3 heterocycles. The highest BCUT2D eigenvalue weighted by molar-refractivity contribution is 7.22. The molecular formula is C23H24FN5O3S. The topological polar surface area (TPSA) is 78.0 Å². The van der Waals surface area contributed by atoms with Gasteiger partial charge in [-0.3, -0.25) is 9.69 Å². The lowest BCUT2D eigenvalue weighted by Crippen LogP contribution is -2.46. The Balaban J connectivity index is 1.23. The van der Waals surface area contributed by atoms with E-state index in [0.29, 0.717) is 24.5 Å². The van der Waals surface area contributed by atoms with Gasteiger partial charge in [0.1, 0.15) is 11.9 Å². The molecule has 5 rings (SSSR count). The molecule has 0 saturated carbocycles. The number of carbonyl (C=O) groups excluding carboxylic acids is 2. The van der Waals surface area contributed by atoms with Crippen molar-refractivity contribution in [2.24, 2.45) is 0 Å². The van der Waals surface area contributed by atoms with E-state index in [2.05, 4.69) is 16.3 Å². The van der Waals surface area contributed by atoms with Crippen LogP contribution in [-0.4, -0.2) is 62.4 Å². The number of halogens is 1. The number of nitrogens with one attached hydrogen (secondary N) is 1. The summed E-state index contributed by atoms with van der Waals surface area (Å²) in [6.07, 6.45) is -0.998. The second-order valence-corrected chi connectivity index (χ2v) is 9.14. The molecule has 2 aliphatic rings. The Kier molecular flexibility index (Phi) is 5.76. The molecule has 10 heteroatoms. The molecule has 0 spiro atoms. The predicted octanol–water partition coefficient (Wildman–Crippen LogP) is 3.22. The number of hydrogen-bond acceptors (Lipinski definition) is 7. The van der Waals surface area contributed by atoms with Crippen LogP contribution in [0.1, 0.15) is 6.92 Å². The molecule has 2 aliphatic heterocycles. The number of ether oxygens (including phenoxy) is 1. The van der Waals surface area contributed by atoms with E-state index in [1.54, 1.807) is 23.5 Å². The molecule has 2 saturated heterocycles. The minimum atomic E-state index is -0.540. The summed E-state index contributed by atoms with van der Waals surface area (Å²) in [5, 5.41) is 3.63. The molecule has 0 bridgehead atoms. The van der Waals surface area contributed by atoms with Crippen molar-refractivity contribution in [1.29, 1.82) is 0 Å². The van der Waals surface area contributed by atoms with E-state index in [1.165, 1.54) is 17.9 Å². The van der Waals surface area contributed by atoms with E-state index >= 15 is 4.39 Å². The number of cyclic esters (lactones) is 1. The van der Waals surface area contributed by atoms with Crippen molar-refractivity contribution >= 4 is 50.1 Å². The van der Waals surface area contributed by atoms with E-state index in [1.807, 2.05) is 23.1 Å². The molecule has 0 aliphatic carbocycles. The Hall–Kier alpha value is -3.40. The number of hydrogen-bond donors (Lipinski definition) is 1. The second kappa shape index (κ2) is 8.86. The Morgan fingerprint density at radius 3 is 2.67 bits per heavy atom. The van der Waals surface area contributed by atoms with Gasteiger partial charge in [0.05, 0.1) is 34.7 Å². The van der Waals surface area contributed by atoms with Gasteiger partial charge in [-0.15, -0.1) is 0 Å². The molecule has 8 nitrogen and oxygen atoms in total. The molecule has 1 N–H and O–H groups in total. The number of para-hydroxylation sites is 1. The summed E-state index contributed by atoms with van der Waals surface area (Å²) in [5.74, 6) is -0.567. The van der Waals surface area contributed by atoms with Gasteiger partial charge in [-0.2, -0.15) is 0 Å². The van der Waals surface area contributed by atoms with Crippen LogP contribution in [0, 0.1) is 5.82 Å². The highest BCUT2D eigenvalue weighted by Crippen LogP contribution is 2.31. The number of amides is 2. The summed E-state index contributed by atoms with van der Waals surface area (Å²) < 4.78 is 21.5. The highest BCUT2D eigenvalue weighted by Gasteiger charge is 2.33. The van der Waals surface area contributed by atoms with Gasteiger partial charge in [0, 0.05) is 33.1 Å². The molecule has 1 unspecified atom stereocenters. The summed E-state index contributed by atoms with van der Waals surface area (Å²) in [4.78, 5) is 33.7. The molecule has 0 radical (unpaired) electrons. The monoisotopic (exact) mass is 469 g/mol. The number of nitrogens with zero attached hydrogens (tertiary/aromatic N) is 4. The number of thiazole rings is 1. The molecule has 2 fully saturated rings. The molecule has 1 atom stereocenters. The Morgan fingerprint density at radius 1 is 1.18 bits per heavy atom. The maximum absolute atomic E-state index is 15.0. The SMILES string of the molecule is CC(=O)NCC1CN(c2ccc(N3CCN(c4nc5ccccc5s4)CC3)c(F)c2)C(=O)O1. The zero-order valence-electron chi connectivity index (χ0n) is 18.2. The average molecular weight is 470 g/mol. The van der Waals surface area contributed by atoms with E-state index in [9.17, 15) is 9.59 Å². The number of aromatic nitrogens is 1. The van der Waals surface area contributed by atoms with Crippen LogP contribution in [0.2, 0.25) is 0 Å². The molecular weight excluding hydrogens is 445 g/mol. The summed E-state index contributed by atoms with van der Waals surface area (Å²) in [6, 6.07) is 12.9. The molecule has 2 amide bonds. The summed E-state index contributed by atoms with van der Waals surface area (Å²) >= 11 is 1.68. The number of carbonyl (C=O) groups is 2. The van der Waals surface area contributed by atoms with E-state index in [-0.39, 0.29) is 24.8 Å². The van der Waals surface area contributed by atoms with Crippen molar-refractivity contribution in [1.82, 2.24) is 10.3 Å². The van der Waals surface area contributed by atoms with Gasteiger partial charge in [-0.05, 0) is 30.3 Å². The third-order valence-electron chi connectivity index (χ3n) is 5.87. The first-order chi connectivity index (χ1) is 16.0. The van der Waals surface area contributed by atoms with Crippen molar-refractivity contribution in [3.8, 4) is 0 Å². The first-order valence-corrected chi connectivity index (χ1v) is 11.7. The first-order valence-electron chi connectivity index (χ1n) is 10.9. The standard InChI is InChI=1S/C23H24FN5O3S/c1-15(30)25-13-17-14-29(23(31)32-17)16-6-7-20(18(24)12-16)27-8-10-28(11-9-27)22-26-19-4-2-3-5-21(19)33-22/h2-7,12,17H,8-11,13-14H2,1H3,(H,25,30). The van der Waals surface area contributed by atoms with Crippen LogP contribution in [-0.2, 0) is 9.53 Å². The van der Waals surface area contributed by atoms with Crippen LogP contribution < -0.4 is 20.0 Å². The summed E-state index contributed by atoms with van der Waals surface area (Å²) in [5.41, 5.74) is 1.96. The Morgan fingerprint density at radius 2 is 1.94 bits per heavy atom. The van der Waals surface area contributed by atoms with E-state index < -0.39 is 12.2 Å². The van der Waals surface area contributed by atoms with Gasteiger partial charge in [0.15, 0.2) is 5.13 Å². The normalized spacial score (nSPS) is 18.7. The van der Waals surface area contributed by atoms with Crippen LogP contribution >= 0.6 is 11.3 Å². The average Bonchev–Trinajstić information content (AvgIpc) is 3.41. The molecule has 172 valence electrons. The first kappa shape index (κ1) is 21.4.